The smallest absolute Gasteiger partial charge is 0.255 e. The summed E-state index contributed by atoms with van der Waals surface area (Å²) in [5.41, 5.74) is 0. The highest BCUT2D eigenvalue weighted by molar-refractivity contribution is 7.91. The van der Waals surface area contributed by atoms with Crippen LogP contribution in [0, 0.1) is 11.8 Å². The van der Waals surface area contributed by atoms with Crippen LogP contribution < -0.4 is 0 Å². The fraction of sp³-hybridized carbons (Fsp3) is 1.00. The maximum atomic E-state index is 13.6. The molecule has 2 fully saturated rings. The van der Waals surface area contributed by atoms with Crippen LogP contribution in [-0.2, 0) is 9.84 Å². The van der Waals surface area contributed by atoms with Crippen LogP contribution in [0.4, 0.5) is 17.6 Å². The molecule has 160 valence electrons. The number of hydrogen-bond donors (Lipinski definition) is 2. The number of piperidine rings is 2. The number of halogens is 4. The van der Waals surface area contributed by atoms with Crippen LogP contribution in [0.15, 0.2) is 0 Å². The summed E-state index contributed by atoms with van der Waals surface area (Å²) in [6.45, 7) is -1.07. The molecule has 2 heterocycles. The monoisotopic (exact) mass is 420 g/mol. The molecule has 0 spiro atoms. The van der Waals surface area contributed by atoms with Crippen molar-refractivity contribution < 1.29 is 36.2 Å². The highest BCUT2D eigenvalue weighted by Gasteiger charge is 2.44. The Balaban J connectivity index is 1.77. The minimum atomic E-state index is -3.47. The Morgan fingerprint density at radius 3 is 1.52 bits per heavy atom. The van der Waals surface area contributed by atoms with E-state index in [0.29, 0.717) is 0 Å². The second kappa shape index (κ2) is 8.89. The van der Waals surface area contributed by atoms with Crippen molar-refractivity contribution in [2.24, 2.45) is 11.8 Å². The molecule has 0 bridgehead atoms. The van der Waals surface area contributed by atoms with Gasteiger partial charge >= 0.3 is 0 Å². The maximum Gasteiger partial charge on any atom is 0.255 e. The first-order valence-electron chi connectivity index (χ1n) is 9.11. The first kappa shape index (κ1) is 22.8. The SMILES string of the molecule is O=S(=O)(CCN1CCC(F)(F)C(CO)C1)CCN1CCC(F)(F)C(CO)C1. The summed E-state index contributed by atoms with van der Waals surface area (Å²) in [5, 5.41) is 18.2. The first-order valence-corrected chi connectivity index (χ1v) is 10.9. The molecule has 0 radical (unpaired) electrons. The van der Waals surface area contributed by atoms with Crippen molar-refractivity contribution in [2.45, 2.75) is 24.7 Å². The largest absolute Gasteiger partial charge is 0.396 e. The molecule has 0 aromatic heterocycles. The lowest BCUT2D eigenvalue weighted by Crippen LogP contribution is -2.50. The molecule has 6 nitrogen and oxygen atoms in total. The van der Waals surface area contributed by atoms with Crippen LogP contribution in [0.5, 0.6) is 0 Å². The van der Waals surface area contributed by atoms with E-state index >= 15 is 0 Å². The van der Waals surface area contributed by atoms with Crippen molar-refractivity contribution in [3.05, 3.63) is 0 Å². The minimum absolute atomic E-state index is 0.0571. The van der Waals surface area contributed by atoms with Crippen molar-refractivity contribution in [3.8, 4) is 0 Å². The minimum Gasteiger partial charge on any atom is -0.396 e. The molecule has 2 aliphatic heterocycles. The Kier molecular flexibility index (Phi) is 7.51. The third-order valence-corrected chi connectivity index (χ3v) is 7.16. The van der Waals surface area contributed by atoms with Crippen LogP contribution in [-0.4, -0.2) is 104 Å². The van der Waals surface area contributed by atoms with Crippen LogP contribution >= 0.6 is 0 Å². The normalized spacial score (nSPS) is 29.7. The Bertz CT molecular complexity index is 547. The number of sulfone groups is 1. The number of aliphatic hydroxyl groups is 2. The van der Waals surface area contributed by atoms with Gasteiger partial charge in [-0.05, 0) is 0 Å². The molecule has 2 unspecified atom stereocenters. The van der Waals surface area contributed by atoms with Crippen molar-refractivity contribution in [3.63, 3.8) is 0 Å². The van der Waals surface area contributed by atoms with Crippen molar-refractivity contribution in [2.75, 3.05) is 64.0 Å². The molecule has 2 rings (SSSR count). The fourth-order valence-electron chi connectivity index (χ4n) is 3.52. The highest BCUT2D eigenvalue weighted by atomic mass is 32.2. The first-order chi connectivity index (χ1) is 12.5. The summed E-state index contributed by atoms with van der Waals surface area (Å²) >= 11 is 0. The van der Waals surface area contributed by atoms with Crippen molar-refractivity contribution in [1.29, 1.82) is 0 Å². The van der Waals surface area contributed by atoms with Gasteiger partial charge in [-0.1, -0.05) is 0 Å². The fourth-order valence-corrected chi connectivity index (χ4v) is 4.80. The van der Waals surface area contributed by atoms with Crippen molar-refractivity contribution >= 4 is 9.84 Å². The van der Waals surface area contributed by atoms with Crippen LogP contribution in [0.1, 0.15) is 12.8 Å². The molecule has 27 heavy (non-hydrogen) atoms. The van der Waals surface area contributed by atoms with Crippen LogP contribution in [0.25, 0.3) is 0 Å². The zero-order valence-electron chi connectivity index (χ0n) is 15.2. The van der Waals surface area contributed by atoms with E-state index in [-0.39, 0.29) is 50.8 Å². The maximum absolute atomic E-state index is 13.6. The molecule has 2 aliphatic rings. The Hall–Kier alpha value is -0.490. The summed E-state index contributed by atoms with van der Waals surface area (Å²) < 4.78 is 78.8. The van der Waals surface area contributed by atoms with E-state index < -0.39 is 59.6 Å². The molecule has 0 aliphatic carbocycles. The standard InChI is InChI=1S/C16H28F4N2O4S/c17-15(18)1-3-21(9-13(15)11-23)5-7-27(25,26)8-6-22-4-2-16(19,20)14(10-22)12-24/h13-14,23-24H,1-12H2. The molecule has 2 N–H and O–H groups in total. The van der Waals surface area contributed by atoms with E-state index in [2.05, 4.69) is 0 Å². The van der Waals surface area contributed by atoms with E-state index in [9.17, 15) is 26.0 Å². The lowest BCUT2D eigenvalue weighted by molar-refractivity contribution is -0.119. The topological polar surface area (TPSA) is 81.1 Å². The number of nitrogens with zero attached hydrogens (tertiary/aromatic N) is 2. The van der Waals surface area contributed by atoms with E-state index in [1.54, 1.807) is 9.80 Å². The van der Waals surface area contributed by atoms with Gasteiger partial charge in [0.25, 0.3) is 11.8 Å². The van der Waals surface area contributed by atoms with Gasteiger partial charge in [0, 0.05) is 52.1 Å². The number of alkyl halides is 4. The van der Waals surface area contributed by atoms with Crippen molar-refractivity contribution in [1.82, 2.24) is 9.80 Å². The second-order valence-electron chi connectivity index (χ2n) is 7.53. The lowest BCUT2D eigenvalue weighted by atomic mass is 9.94. The molecular formula is C16H28F4N2O4S. The molecule has 2 saturated heterocycles. The lowest BCUT2D eigenvalue weighted by Gasteiger charge is -2.38. The van der Waals surface area contributed by atoms with Gasteiger partial charge in [-0.15, -0.1) is 0 Å². The zero-order chi connectivity index (χ0) is 20.3. The van der Waals surface area contributed by atoms with E-state index in [4.69, 9.17) is 10.2 Å². The third kappa shape index (κ3) is 6.25. The predicted molar refractivity (Wildman–Crippen MR) is 91.8 cm³/mol. The average molecular weight is 420 g/mol. The summed E-state index contributed by atoms with van der Waals surface area (Å²) in [5.74, 6) is -8.68. The van der Waals surface area contributed by atoms with Gasteiger partial charge in [0.1, 0.15) is 0 Å². The van der Waals surface area contributed by atoms with Gasteiger partial charge in [0.05, 0.1) is 36.6 Å². The molecular weight excluding hydrogens is 392 g/mol. The quantitative estimate of drug-likeness (QED) is 0.550. The molecule has 2 atom stereocenters. The average Bonchev–Trinajstić information content (AvgIpc) is 2.59. The summed E-state index contributed by atoms with van der Waals surface area (Å²) in [7, 11) is -3.47. The predicted octanol–water partition coefficient (Wildman–Crippen LogP) is 0.300. The third-order valence-electron chi connectivity index (χ3n) is 5.55. The number of hydrogen-bond acceptors (Lipinski definition) is 6. The number of rotatable bonds is 8. The molecule has 0 saturated carbocycles. The van der Waals surface area contributed by atoms with Crippen LogP contribution in [0.3, 0.4) is 0 Å². The van der Waals surface area contributed by atoms with Gasteiger partial charge in [-0.2, -0.15) is 0 Å². The van der Waals surface area contributed by atoms with E-state index in [1.165, 1.54) is 0 Å². The Labute approximate surface area is 157 Å². The van der Waals surface area contributed by atoms with E-state index in [0.717, 1.165) is 0 Å². The number of aliphatic hydroxyl groups excluding tert-OH is 2. The van der Waals surface area contributed by atoms with Crippen LogP contribution in [0.2, 0.25) is 0 Å². The molecule has 11 heteroatoms. The van der Waals surface area contributed by atoms with Gasteiger partial charge < -0.3 is 20.0 Å². The van der Waals surface area contributed by atoms with E-state index in [1.807, 2.05) is 0 Å². The molecule has 0 aromatic rings. The zero-order valence-corrected chi connectivity index (χ0v) is 16.0. The van der Waals surface area contributed by atoms with Gasteiger partial charge in [-0.3, -0.25) is 0 Å². The van der Waals surface area contributed by atoms with Gasteiger partial charge in [-0.25, -0.2) is 26.0 Å². The highest BCUT2D eigenvalue weighted by Crippen LogP contribution is 2.34. The van der Waals surface area contributed by atoms with Gasteiger partial charge in [0.15, 0.2) is 9.84 Å². The molecule has 0 amide bonds. The van der Waals surface area contributed by atoms with Gasteiger partial charge in [0.2, 0.25) is 0 Å². The number of likely N-dealkylation sites (tertiary alicyclic amines) is 2. The second-order valence-corrected chi connectivity index (χ2v) is 9.84. The summed E-state index contributed by atoms with van der Waals surface area (Å²) in [4.78, 5) is 3.22. The Morgan fingerprint density at radius 1 is 0.815 bits per heavy atom. The Morgan fingerprint density at radius 2 is 1.19 bits per heavy atom. The summed E-state index contributed by atoms with van der Waals surface area (Å²) in [6.07, 6.45) is -0.828. The molecule has 0 aromatic carbocycles. The summed E-state index contributed by atoms with van der Waals surface area (Å²) in [6, 6.07) is 0.